The average Bonchev–Trinajstić information content (AvgIpc) is 2.64. The van der Waals surface area contributed by atoms with Gasteiger partial charge in [-0.3, -0.25) is 4.79 Å². The number of nitrogens with one attached hydrogen (secondary N) is 1. The zero-order valence-corrected chi connectivity index (χ0v) is 15.2. The number of aryl methyl sites for hydroxylation is 1. The number of pyridine rings is 1. The van der Waals surface area contributed by atoms with Crippen molar-refractivity contribution in [3.05, 3.63) is 54.0 Å². The summed E-state index contributed by atoms with van der Waals surface area (Å²) in [6.07, 6.45) is 2.36. The molecule has 1 fully saturated rings. The smallest absolute Gasteiger partial charge is 0.245 e. The highest BCUT2D eigenvalue weighted by atomic mass is 32.2. The lowest BCUT2D eigenvalue weighted by atomic mass is 9.97. The van der Waals surface area contributed by atoms with Crippen LogP contribution < -0.4 is 5.32 Å². The van der Waals surface area contributed by atoms with E-state index < -0.39 is 15.8 Å². The van der Waals surface area contributed by atoms with Crippen LogP contribution in [0.15, 0.2) is 47.5 Å². The second-order valence-corrected chi connectivity index (χ2v) is 8.17. The van der Waals surface area contributed by atoms with E-state index in [1.807, 2.05) is 13.0 Å². The van der Waals surface area contributed by atoms with E-state index in [9.17, 15) is 17.6 Å². The number of halogens is 1. The standard InChI is InChI=1S/C18H20FN3O3S/c1-13-5-4-10-20-17(13)21-18(23)14-8-11-22(12-9-14)26(24,25)16-7-3-2-6-15(16)19/h2-7,10,14H,8-9,11-12H2,1H3,(H,20,21,23). The van der Waals surface area contributed by atoms with Crippen molar-refractivity contribution in [3.63, 3.8) is 0 Å². The molecule has 0 bridgehead atoms. The molecule has 0 spiro atoms. The van der Waals surface area contributed by atoms with Gasteiger partial charge >= 0.3 is 0 Å². The monoisotopic (exact) mass is 377 g/mol. The molecule has 8 heteroatoms. The topological polar surface area (TPSA) is 79.4 Å². The highest BCUT2D eigenvalue weighted by Crippen LogP contribution is 2.26. The van der Waals surface area contributed by atoms with Crippen molar-refractivity contribution in [1.29, 1.82) is 0 Å². The highest BCUT2D eigenvalue weighted by molar-refractivity contribution is 7.89. The summed E-state index contributed by atoms with van der Waals surface area (Å²) >= 11 is 0. The second kappa shape index (κ2) is 7.51. The molecule has 2 heterocycles. The first-order valence-corrected chi connectivity index (χ1v) is 9.81. The molecular weight excluding hydrogens is 357 g/mol. The van der Waals surface area contributed by atoms with E-state index in [1.165, 1.54) is 22.5 Å². The molecule has 0 atom stereocenters. The van der Waals surface area contributed by atoms with Crippen LogP contribution in [0.4, 0.5) is 10.2 Å². The number of aromatic nitrogens is 1. The second-order valence-electron chi connectivity index (χ2n) is 6.27. The minimum atomic E-state index is -3.89. The fourth-order valence-electron chi connectivity index (χ4n) is 2.99. The molecule has 3 rings (SSSR count). The van der Waals surface area contributed by atoms with Gasteiger partial charge in [0.25, 0.3) is 0 Å². The number of anilines is 1. The quantitative estimate of drug-likeness (QED) is 0.888. The van der Waals surface area contributed by atoms with Crippen molar-refractivity contribution in [1.82, 2.24) is 9.29 Å². The molecule has 138 valence electrons. The Bertz CT molecular complexity index is 909. The molecular formula is C18H20FN3O3S. The Morgan fingerprint density at radius 3 is 2.54 bits per heavy atom. The third-order valence-corrected chi connectivity index (χ3v) is 6.46. The predicted molar refractivity (Wildman–Crippen MR) is 95.5 cm³/mol. The highest BCUT2D eigenvalue weighted by Gasteiger charge is 2.33. The SMILES string of the molecule is Cc1cccnc1NC(=O)C1CCN(S(=O)(=O)c2ccccc2F)CC1. The summed E-state index contributed by atoms with van der Waals surface area (Å²) in [5.41, 5.74) is 0.861. The summed E-state index contributed by atoms with van der Waals surface area (Å²) in [6, 6.07) is 8.97. The van der Waals surface area contributed by atoms with Crippen LogP contribution in [0.25, 0.3) is 0 Å². The molecule has 0 saturated carbocycles. The van der Waals surface area contributed by atoms with Crippen molar-refractivity contribution >= 4 is 21.7 Å². The zero-order chi connectivity index (χ0) is 18.7. The van der Waals surface area contributed by atoms with E-state index in [-0.39, 0.29) is 29.8 Å². The third kappa shape index (κ3) is 3.76. The van der Waals surface area contributed by atoms with Gasteiger partial charge in [0, 0.05) is 25.2 Å². The van der Waals surface area contributed by atoms with Crippen molar-refractivity contribution in [3.8, 4) is 0 Å². The fourth-order valence-corrected chi connectivity index (χ4v) is 4.52. The number of nitrogens with zero attached hydrogens (tertiary/aromatic N) is 2. The molecule has 26 heavy (non-hydrogen) atoms. The number of sulfonamides is 1. The number of benzene rings is 1. The van der Waals surface area contributed by atoms with Gasteiger partial charge in [0.1, 0.15) is 16.5 Å². The van der Waals surface area contributed by atoms with Crippen molar-refractivity contribution < 1.29 is 17.6 Å². The number of piperidine rings is 1. The number of rotatable bonds is 4. The normalized spacial score (nSPS) is 16.4. The van der Waals surface area contributed by atoms with Gasteiger partial charge in [-0.25, -0.2) is 17.8 Å². The molecule has 1 saturated heterocycles. The summed E-state index contributed by atoms with van der Waals surface area (Å²) in [4.78, 5) is 16.2. The molecule has 1 aliphatic rings. The minimum absolute atomic E-state index is 0.172. The Morgan fingerprint density at radius 2 is 1.88 bits per heavy atom. The van der Waals surface area contributed by atoms with E-state index in [2.05, 4.69) is 10.3 Å². The van der Waals surface area contributed by atoms with Crippen LogP contribution in [0.2, 0.25) is 0 Å². The third-order valence-electron chi connectivity index (χ3n) is 4.53. The van der Waals surface area contributed by atoms with E-state index >= 15 is 0 Å². The van der Waals surface area contributed by atoms with Gasteiger partial charge in [0.15, 0.2) is 0 Å². The zero-order valence-electron chi connectivity index (χ0n) is 14.4. The summed E-state index contributed by atoms with van der Waals surface area (Å²) < 4.78 is 40.3. The first kappa shape index (κ1) is 18.5. The fraction of sp³-hybridized carbons (Fsp3) is 0.333. The Balaban J connectivity index is 1.65. The van der Waals surface area contributed by atoms with Crippen LogP contribution in [-0.2, 0) is 14.8 Å². The van der Waals surface area contributed by atoms with Crippen molar-refractivity contribution in [2.75, 3.05) is 18.4 Å². The largest absolute Gasteiger partial charge is 0.310 e. The predicted octanol–water partition coefficient (Wildman–Crippen LogP) is 2.57. The summed E-state index contributed by atoms with van der Waals surface area (Å²) in [5.74, 6) is -0.727. The van der Waals surface area contributed by atoms with Gasteiger partial charge in [-0.1, -0.05) is 18.2 Å². The van der Waals surface area contributed by atoms with Crippen LogP contribution in [0, 0.1) is 18.7 Å². The summed E-state index contributed by atoms with van der Waals surface area (Å²) in [6.45, 7) is 2.21. The first-order chi connectivity index (χ1) is 12.4. The Labute approximate surface area is 152 Å². The lowest BCUT2D eigenvalue weighted by Crippen LogP contribution is -2.41. The molecule has 0 radical (unpaired) electrons. The Morgan fingerprint density at radius 1 is 1.19 bits per heavy atom. The summed E-state index contributed by atoms with van der Waals surface area (Å²) in [5, 5.41) is 2.80. The van der Waals surface area contributed by atoms with E-state index in [0.29, 0.717) is 18.7 Å². The molecule has 0 unspecified atom stereocenters. The number of carbonyl (C=O) groups excluding carboxylic acids is 1. The molecule has 1 aromatic carbocycles. The molecule has 0 aliphatic carbocycles. The van der Waals surface area contributed by atoms with Crippen LogP contribution >= 0.6 is 0 Å². The van der Waals surface area contributed by atoms with Gasteiger partial charge in [0.2, 0.25) is 15.9 Å². The number of hydrogen-bond donors (Lipinski definition) is 1. The minimum Gasteiger partial charge on any atom is -0.310 e. The van der Waals surface area contributed by atoms with Crippen LogP contribution in [0.3, 0.4) is 0 Å². The molecule has 1 N–H and O–H groups in total. The van der Waals surface area contributed by atoms with Crippen molar-refractivity contribution in [2.24, 2.45) is 5.92 Å². The van der Waals surface area contributed by atoms with Gasteiger partial charge in [-0.05, 0) is 43.5 Å². The van der Waals surface area contributed by atoms with Crippen molar-refractivity contribution in [2.45, 2.75) is 24.7 Å². The Kier molecular flexibility index (Phi) is 5.33. The number of hydrogen-bond acceptors (Lipinski definition) is 4. The first-order valence-electron chi connectivity index (χ1n) is 8.37. The lowest BCUT2D eigenvalue weighted by Gasteiger charge is -2.30. The van der Waals surface area contributed by atoms with Gasteiger partial charge < -0.3 is 5.32 Å². The number of carbonyl (C=O) groups is 1. The maximum Gasteiger partial charge on any atom is 0.245 e. The maximum absolute atomic E-state index is 13.8. The van der Waals surface area contributed by atoms with Crippen LogP contribution in [-0.4, -0.2) is 36.7 Å². The van der Waals surface area contributed by atoms with E-state index in [0.717, 1.165) is 11.6 Å². The molecule has 1 aliphatic heterocycles. The van der Waals surface area contributed by atoms with Crippen LogP contribution in [0.1, 0.15) is 18.4 Å². The van der Waals surface area contributed by atoms with E-state index in [1.54, 1.807) is 12.3 Å². The van der Waals surface area contributed by atoms with Gasteiger partial charge in [0.05, 0.1) is 0 Å². The lowest BCUT2D eigenvalue weighted by molar-refractivity contribution is -0.120. The molecule has 6 nitrogen and oxygen atoms in total. The average molecular weight is 377 g/mol. The van der Waals surface area contributed by atoms with Gasteiger partial charge in [-0.2, -0.15) is 4.31 Å². The molecule has 2 aromatic rings. The number of amides is 1. The molecule has 1 aromatic heterocycles. The van der Waals surface area contributed by atoms with E-state index in [4.69, 9.17) is 0 Å². The summed E-state index contributed by atoms with van der Waals surface area (Å²) in [7, 11) is -3.89. The Hall–Kier alpha value is -2.32. The molecule has 1 amide bonds. The maximum atomic E-state index is 13.8. The van der Waals surface area contributed by atoms with Crippen LogP contribution in [0.5, 0.6) is 0 Å². The van der Waals surface area contributed by atoms with Gasteiger partial charge in [-0.15, -0.1) is 0 Å².